The van der Waals surface area contributed by atoms with Crippen LogP contribution in [-0.2, 0) is 18.9 Å². The molecule has 2 aliphatic rings. The third-order valence-electron chi connectivity index (χ3n) is 4.28. The van der Waals surface area contributed by atoms with Gasteiger partial charge < -0.3 is 24.1 Å². The van der Waals surface area contributed by atoms with Crippen molar-refractivity contribution in [3.05, 3.63) is 46.3 Å². The highest BCUT2D eigenvalue weighted by Crippen LogP contribution is 2.36. The molecule has 1 aromatic rings. The number of hydrogen-bond donors (Lipinski definition) is 1. The van der Waals surface area contributed by atoms with Gasteiger partial charge in [0.25, 0.3) is 0 Å². The lowest BCUT2D eigenvalue weighted by Crippen LogP contribution is -2.59. The number of fused-ring (bicyclic) bond motifs is 1. The van der Waals surface area contributed by atoms with Crippen molar-refractivity contribution in [2.24, 2.45) is 11.0 Å². The van der Waals surface area contributed by atoms with Crippen molar-refractivity contribution in [3.63, 3.8) is 0 Å². The second kappa shape index (κ2) is 7.94. The van der Waals surface area contributed by atoms with Gasteiger partial charge in [-0.05, 0) is 5.53 Å². The molecule has 2 heterocycles. The van der Waals surface area contributed by atoms with Gasteiger partial charge in [0.2, 0.25) is 0 Å². The molecule has 0 aromatic heterocycles. The smallest absolute Gasteiger partial charge is 0.184 e. The maximum Gasteiger partial charge on any atom is 0.184 e. The van der Waals surface area contributed by atoms with Gasteiger partial charge in [-0.1, -0.05) is 42.4 Å². The molecule has 2 fully saturated rings. The van der Waals surface area contributed by atoms with E-state index in [1.165, 1.54) is 0 Å². The quantitative estimate of drug-likeness (QED) is 0.384. The molecule has 0 amide bonds. The summed E-state index contributed by atoms with van der Waals surface area (Å²) in [5.41, 5.74) is 9.17. The van der Waals surface area contributed by atoms with Crippen LogP contribution in [0.1, 0.15) is 18.8 Å². The van der Waals surface area contributed by atoms with Crippen LogP contribution in [0.5, 0.6) is 0 Å². The Balaban J connectivity index is 1.62. The second-order valence-corrected chi connectivity index (χ2v) is 5.89. The fourth-order valence-electron chi connectivity index (χ4n) is 2.95. The Labute approximate surface area is 139 Å². The van der Waals surface area contributed by atoms with Crippen LogP contribution in [0.25, 0.3) is 10.4 Å². The molecular weight excluding hydrogens is 314 g/mol. The van der Waals surface area contributed by atoms with Crippen LogP contribution >= 0.6 is 0 Å². The van der Waals surface area contributed by atoms with Crippen molar-refractivity contribution >= 4 is 0 Å². The zero-order valence-electron chi connectivity index (χ0n) is 13.4. The van der Waals surface area contributed by atoms with Crippen molar-refractivity contribution in [1.29, 1.82) is 0 Å². The molecule has 1 aromatic carbocycles. The number of benzene rings is 1. The number of ether oxygens (including phenoxy) is 4. The molecule has 0 saturated carbocycles. The van der Waals surface area contributed by atoms with Gasteiger partial charge >= 0.3 is 0 Å². The fourth-order valence-corrected chi connectivity index (χ4v) is 2.95. The van der Waals surface area contributed by atoms with Crippen molar-refractivity contribution in [1.82, 2.24) is 0 Å². The molecule has 3 unspecified atom stereocenters. The Morgan fingerprint density at radius 1 is 1.33 bits per heavy atom. The highest BCUT2D eigenvalue weighted by Gasteiger charge is 2.47. The first-order valence-corrected chi connectivity index (χ1v) is 7.98. The molecule has 130 valence electrons. The lowest BCUT2D eigenvalue weighted by Gasteiger charge is -2.47. The molecule has 3 rings (SSSR count). The number of aliphatic hydroxyl groups excluding tert-OH is 1. The van der Waals surface area contributed by atoms with Crippen LogP contribution in [0.2, 0.25) is 0 Å². The zero-order valence-corrected chi connectivity index (χ0v) is 13.4. The second-order valence-electron chi connectivity index (χ2n) is 5.89. The SMILES string of the molecule is CC1[C@H](OCCN=[N+]=[N-])OC2COC(c3ccccc3)O[C@H]2[C@@H]1O. The summed E-state index contributed by atoms with van der Waals surface area (Å²) in [5, 5.41) is 14.0. The minimum absolute atomic E-state index is 0.219. The molecule has 0 radical (unpaired) electrons. The van der Waals surface area contributed by atoms with Crippen molar-refractivity contribution in [2.75, 3.05) is 19.8 Å². The van der Waals surface area contributed by atoms with Crippen LogP contribution in [0.3, 0.4) is 0 Å². The summed E-state index contributed by atoms with van der Waals surface area (Å²) in [6.45, 7) is 2.60. The highest BCUT2D eigenvalue weighted by atomic mass is 16.7. The van der Waals surface area contributed by atoms with Gasteiger partial charge in [0, 0.05) is 22.9 Å². The number of hydrogen-bond acceptors (Lipinski definition) is 6. The largest absolute Gasteiger partial charge is 0.390 e. The molecule has 6 atom stereocenters. The maximum atomic E-state index is 10.6. The Hall–Kier alpha value is -1.67. The molecule has 8 heteroatoms. The standard InChI is InChI=1S/C16H21N3O5/c1-10-13(20)14-12(23-15(10)21-8-7-18-19-17)9-22-16(24-14)11-5-3-2-4-6-11/h2-6,10,12-16,20H,7-9H2,1H3/t10?,12?,13-,14-,15-,16?/m1/s1. The van der Waals surface area contributed by atoms with E-state index in [1.807, 2.05) is 37.3 Å². The van der Waals surface area contributed by atoms with Crippen LogP contribution < -0.4 is 0 Å². The summed E-state index contributed by atoms with van der Waals surface area (Å²) in [6.07, 6.45) is -2.71. The van der Waals surface area contributed by atoms with Crippen molar-refractivity contribution < 1.29 is 24.1 Å². The Morgan fingerprint density at radius 2 is 2.12 bits per heavy atom. The number of nitrogens with zero attached hydrogens (tertiary/aromatic N) is 3. The van der Waals surface area contributed by atoms with E-state index in [9.17, 15) is 5.11 Å². The minimum Gasteiger partial charge on any atom is -0.390 e. The van der Waals surface area contributed by atoms with Gasteiger partial charge in [-0.3, -0.25) is 0 Å². The summed E-state index contributed by atoms with van der Waals surface area (Å²) >= 11 is 0. The number of aliphatic hydroxyl groups is 1. The third kappa shape index (κ3) is 3.70. The van der Waals surface area contributed by atoms with Gasteiger partial charge in [0.05, 0.1) is 19.3 Å². The van der Waals surface area contributed by atoms with Crippen molar-refractivity contribution in [2.45, 2.75) is 37.8 Å². The predicted octanol–water partition coefficient (Wildman–Crippen LogP) is 2.15. The first-order chi connectivity index (χ1) is 11.7. The lowest BCUT2D eigenvalue weighted by atomic mass is 9.91. The van der Waals surface area contributed by atoms with Gasteiger partial charge in [-0.2, -0.15) is 0 Å². The van der Waals surface area contributed by atoms with E-state index in [2.05, 4.69) is 10.0 Å². The molecule has 2 aliphatic heterocycles. The average Bonchev–Trinajstić information content (AvgIpc) is 2.63. The van der Waals surface area contributed by atoms with Gasteiger partial charge in [0.15, 0.2) is 12.6 Å². The van der Waals surface area contributed by atoms with Crippen LogP contribution in [-0.4, -0.2) is 49.5 Å². The molecule has 8 nitrogen and oxygen atoms in total. The van der Waals surface area contributed by atoms with E-state index in [4.69, 9.17) is 24.5 Å². The molecule has 1 N–H and O–H groups in total. The first kappa shape index (κ1) is 17.2. The van der Waals surface area contributed by atoms with Crippen molar-refractivity contribution in [3.8, 4) is 0 Å². The third-order valence-corrected chi connectivity index (χ3v) is 4.28. The maximum absolute atomic E-state index is 10.6. The normalized spacial score (nSPS) is 35.8. The van der Waals surface area contributed by atoms with E-state index < -0.39 is 30.9 Å². The molecular formula is C16H21N3O5. The van der Waals surface area contributed by atoms with E-state index in [0.29, 0.717) is 6.61 Å². The predicted molar refractivity (Wildman–Crippen MR) is 83.8 cm³/mol. The Morgan fingerprint density at radius 3 is 2.88 bits per heavy atom. The van der Waals surface area contributed by atoms with Crippen LogP contribution in [0.15, 0.2) is 35.4 Å². The topological polar surface area (TPSA) is 106 Å². The molecule has 0 bridgehead atoms. The Bertz CT molecular complexity index is 578. The number of azide groups is 1. The summed E-state index contributed by atoms with van der Waals surface area (Å²) in [7, 11) is 0. The van der Waals surface area contributed by atoms with Gasteiger partial charge in [-0.25, -0.2) is 0 Å². The lowest BCUT2D eigenvalue weighted by molar-refractivity contribution is -0.351. The zero-order chi connectivity index (χ0) is 16.9. The highest BCUT2D eigenvalue weighted by molar-refractivity contribution is 5.16. The Kier molecular flexibility index (Phi) is 5.68. The fraction of sp³-hybridized carbons (Fsp3) is 0.625. The molecule has 0 aliphatic carbocycles. The average molecular weight is 335 g/mol. The first-order valence-electron chi connectivity index (χ1n) is 7.98. The van der Waals surface area contributed by atoms with Crippen LogP contribution in [0.4, 0.5) is 0 Å². The summed E-state index contributed by atoms with van der Waals surface area (Å²) in [4.78, 5) is 2.67. The summed E-state index contributed by atoms with van der Waals surface area (Å²) in [6, 6.07) is 9.60. The van der Waals surface area contributed by atoms with E-state index >= 15 is 0 Å². The van der Waals surface area contributed by atoms with E-state index in [-0.39, 0.29) is 19.1 Å². The summed E-state index contributed by atoms with van der Waals surface area (Å²) < 4.78 is 23.1. The van der Waals surface area contributed by atoms with Crippen LogP contribution in [0, 0.1) is 5.92 Å². The van der Waals surface area contributed by atoms with E-state index in [1.54, 1.807) is 0 Å². The van der Waals surface area contributed by atoms with E-state index in [0.717, 1.165) is 5.56 Å². The minimum atomic E-state index is -0.733. The molecule has 0 spiro atoms. The molecule has 24 heavy (non-hydrogen) atoms. The van der Waals surface area contributed by atoms with Gasteiger partial charge in [0.1, 0.15) is 12.2 Å². The monoisotopic (exact) mass is 335 g/mol. The molecule has 2 saturated heterocycles. The van der Waals surface area contributed by atoms with Gasteiger partial charge in [-0.15, -0.1) is 0 Å². The summed E-state index contributed by atoms with van der Waals surface area (Å²) in [5.74, 6) is -0.271. The number of rotatable bonds is 5.